The Labute approximate surface area is 123 Å². The molecule has 0 aliphatic heterocycles. The number of nitrogens with one attached hydrogen (secondary N) is 1. The van der Waals surface area contributed by atoms with Gasteiger partial charge in [-0.05, 0) is 48.6 Å². The van der Waals surface area contributed by atoms with Crippen molar-refractivity contribution in [2.45, 2.75) is 0 Å². The molecule has 19 heavy (non-hydrogen) atoms. The van der Waals surface area contributed by atoms with Gasteiger partial charge in [0, 0.05) is 5.02 Å². The monoisotopic (exact) mass is 312 g/mol. The van der Waals surface area contributed by atoms with Crippen molar-refractivity contribution in [2.24, 2.45) is 0 Å². The molecular weight excluding hydrogens is 306 g/mol. The highest BCUT2D eigenvalue weighted by atomic mass is 35.5. The molecule has 0 amide bonds. The molecule has 1 aromatic heterocycles. The Balaban J connectivity index is 2.36. The summed E-state index contributed by atoms with van der Waals surface area (Å²) >= 11 is 17.3. The minimum Gasteiger partial charge on any atom is -0.330 e. The van der Waals surface area contributed by atoms with Crippen LogP contribution < -0.4 is 0 Å². The van der Waals surface area contributed by atoms with E-state index in [-0.39, 0.29) is 5.82 Å². The van der Waals surface area contributed by atoms with Crippen molar-refractivity contribution in [3.8, 4) is 5.69 Å². The van der Waals surface area contributed by atoms with Gasteiger partial charge in [-0.3, -0.25) is 4.57 Å². The smallest absolute Gasteiger partial charge is 0.182 e. The number of benzene rings is 2. The number of imidazole rings is 1. The fourth-order valence-electron chi connectivity index (χ4n) is 1.99. The first-order valence-corrected chi connectivity index (χ1v) is 6.58. The lowest BCUT2D eigenvalue weighted by atomic mass is 10.2. The van der Waals surface area contributed by atoms with Gasteiger partial charge in [-0.1, -0.05) is 23.2 Å². The second kappa shape index (κ2) is 4.63. The number of hydrogen-bond acceptors (Lipinski definition) is 1. The van der Waals surface area contributed by atoms with Crippen LogP contribution in [-0.2, 0) is 0 Å². The quantitative estimate of drug-likeness (QED) is 0.617. The Bertz CT molecular complexity index is 838. The molecule has 0 saturated heterocycles. The molecule has 0 radical (unpaired) electrons. The molecule has 0 spiro atoms. The first-order chi connectivity index (χ1) is 9.06. The van der Waals surface area contributed by atoms with Gasteiger partial charge >= 0.3 is 0 Å². The minimum absolute atomic E-state index is 0.321. The highest BCUT2D eigenvalue weighted by Gasteiger charge is 2.10. The van der Waals surface area contributed by atoms with Crippen molar-refractivity contribution in [2.75, 3.05) is 0 Å². The van der Waals surface area contributed by atoms with E-state index in [1.807, 2.05) is 0 Å². The molecule has 0 atom stereocenters. The van der Waals surface area contributed by atoms with Gasteiger partial charge in [0.15, 0.2) is 4.77 Å². The molecular formula is C13H7Cl2FN2S. The average molecular weight is 313 g/mol. The van der Waals surface area contributed by atoms with Gasteiger partial charge < -0.3 is 4.98 Å². The maximum atomic E-state index is 13.2. The lowest BCUT2D eigenvalue weighted by molar-refractivity contribution is 0.629. The zero-order valence-corrected chi connectivity index (χ0v) is 11.8. The number of aromatic nitrogens is 2. The van der Waals surface area contributed by atoms with Crippen LogP contribution >= 0.6 is 35.4 Å². The maximum absolute atomic E-state index is 13.2. The standard InChI is InChI=1S/C13H7Cl2FN2S/c14-7-1-3-11(9(15)5-7)18-12-4-2-8(16)6-10(12)17-13(18)19/h1-6H,(H,17,19). The van der Waals surface area contributed by atoms with Gasteiger partial charge in [-0.25, -0.2) is 4.39 Å². The topological polar surface area (TPSA) is 20.7 Å². The summed E-state index contributed by atoms with van der Waals surface area (Å²) in [6.07, 6.45) is 0. The van der Waals surface area contributed by atoms with Crippen LogP contribution in [0, 0.1) is 10.6 Å². The Hall–Kier alpha value is -1.36. The predicted molar refractivity (Wildman–Crippen MR) is 78.4 cm³/mol. The normalized spacial score (nSPS) is 11.1. The second-order valence-electron chi connectivity index (χ2n) is 4.02. The average Bonchev–Trinajstić information content (AvgIpc) is 2.65. The largest absolute Gasteiger partial charge is 0.330 e. The third-order valence-corrected chi connectivity index (χ3v) is 3.62. The van der Waals surface area contributed by atoms with E-state index in [4.69, 9.17) is 35.4 Å². The van der Waals surface area contributed by atoms with E-state index in [9.17, 15) is 4.39 Å². The fourth-order valence-corrected chi connectivity index (χ4v) is 2.79. The molecule has 0 saturated carbocycles. The molecule has 96 valence electrons. The molecule has 1 heterocycles. The van der Waals surface area contributed by atoms with Crippen molar-refractivity contribution in [3.05, 3.63) is 57.0 Å². The van der Waals surface area contributed by atoms with Gasteiger partial charge in [0.2, 0.25) is 0 Å². The zero-order valence-electron chi connectivity index (χ0n) is 9.45. The summed E-state index contributed by atoms with van der Waals surface area (Å²) in [6.45, 7) is 0. The molecule has 6 heteroatoms. The van der Waals surface area contributed by atoms with Crippen molar-refractivity contribution in [1.29, 1.82) is 0 Å². The number of fused-ring (bicyclic) bond motifs is 1. The molecule has 0 aliphatic carbocycles. The first-order valence-electron chi connectivity index (χ1n) is 5.42. The number of H-pyrrole nitrogens is 1. The van der Waals surface area contributed by atoms with Crippen LogP contribution in [0.25, 0.3) is 16.7 Å². The number of rotatable bonds is 1. The molecule has 1 N–H and O–H groups in total. The Morgan fingerprint density at radius 3 is 2.63 bits per heavy atom. The van der Waals surface area contributed by atoms with Crippen LogP contribution in [-0.4, -0.2) is 9.55 Å². The number of hydrogen-bond donors (Lipinski definition) is 1. The lowest BCUT2D eigenvalue weighted by Gasteiger charge is -2.07. The minimum atomic E-state index is -0.321. The first kappa shape index (κ1) is 12.7. The summed E-state index contributed by atoms with van der Waals surface area (Å²) in [5.74, 6) is -0.321. The summed E-state index contributed by atoms with van der Waals surface area (Å²) in [5, 5.41) is 1.03. The number of nitrogens with zero attached hydrogens (tertiary/aromatic N) is 1. The van der Waals surface area contributed by atoms with Gasteiger partial charge in [0.25, 0.3) is 0 Å². The SMILES string of the molecule is Fc1ccc2c(c1)[nH]c(=S)n2-c1ccc(Cl)cc1Cl. The van der Waals surface area contributed by atoms with E-state index in [0.29, 0.717) is 26.0 Å². The van der Waals surface area contributed by atoms with E-state index < -0.39 is 0 Å². The summed E-state index contributed by atoms with van der Waals surface area (Å²) in [6, 6.07) is 9.57. The third-order valence-electron chi connectivity index (χ3n) is 2.79. The summed E-state index contributed by atoms with van der Waals surface area (Å²) < 4.78 is 15.4. The zero-order chi connectivity index (χ0) is 13.6. The highest BCUT2D eigenvalue weighted by molar-refractivity contribution is 7.71. The van der Waals surface area contributed by atoms with Crippen molar-refractivity contribution in [3.63, 3.8) is 0 Å². The van der Waals surface area contributed by atoms with Gasteiger partial charge in [-0.15, -0.1) is 0 Å². The van der Waals surface area contributed by atoms with Gasteiger partial charge in [0.05, 0.1) is 21.7 Å². The van der Waals surface area contributed by atoms with E-state index in [1.165, 1.54) is 12.1 Å². The van der Waals surface area contributed by atoms with Gasteiger partial charge in [-0.2, -0.15) is 0 Å². The van der Waals surface area contributed by atoms with Crippen molar-refractivity contribution in [1.82, 2.24) is 9.55 Å². The van der Waals surface area contributed by atoms with E-state index in [0.717, 1.165) is 5.52 Å². The Kier molecular flexibility index (Phi) is 3.09. The summed E-state index contributed by atoms with van der Waals surface area (Å²) in [7, 11) is 0. The third kappa shape index (κ3) is 2.16. The van der Waals surface area contributed by atoms with Crippen LogP contribution in [0.1, 0.15) is 0 Å². The van der Waals surface area contributed by atoms with E-state index in [2.05, 4.69) is 4.98 Å². The number of aromatic amines is 1. The van der Waals surface area contributed by atoms with Crippen LogP contribution in [0.3, 0.4) is 0 Å². The molecule has 3 aromatic rings. The van der Waals surface area contributed by atoms with Crippen molar-refractivity contribution < 1.29 is 4.39 Å². The summed E-state index contributed by atoms with van der Waals surface area (Å²) in [4.78, 5) is 2.95. The molecule has 0 aliphatic rings. The molecule has 0 fully saturated rings. The van der Waals surface area contributed by atoms with Crippen LogP contribution in [0.5, 0.6) is 0 Å². The highest BCUT2D eigenvalue weighted by Crippen LogP contribution is 2.28. The Morgan fingerprint density at radius 2 is 1.89 bits per heavy atom. The van der Waals surface area contributed by atoms with Crippen LogP contribution in [0.4, 0.5) is 4.39 Å². The molecule has 0 bridgehead atoms. The van der Waals surface area contributed by atoms with Crippen LogP contribution in [0.2, 0.25) is 10.0 Å². The maximum Gasteiger partial charge on any atom is 0.182 e. The van der Waals surface area contributed by atoms with E-state index in [1.54, 1.807) is 28.8 Å². The molecule has 0 unspecified atom stereocenters. The molecule has 2 nitrogen and oxygen atoms in total. The van der Waals surface area contributed by atoms with Gasteiger partial charge in [0.1, 0.15) is 5.82 Å². The fraction of sp³-hybridized carbons (Fsp3) is 0. The van der Waals surface area contributed by atoms with E-state index >= 15 is 0 Å². The summed E-state index contributed by atoms with van der Waals surface area (Å²) in [5.41, 5.74) is 2.08. The predicted octanol–water partition coefficient (Wildman–Crippen LogP) is 5.13. The number of halogens is 3. The van der Waals surface area contributed by atoms with Crippen LogP contribution in [0.15, 0.2) is 36.4 Å². The lowest BCUT2D eigenvalue weighted by Crippen LogP contribution is -1.95. The molecule has 2 aromatic carbocycles. The van der Waals surface area contributed by atoms with Crippen molar-refractivity contribution >= 4 is 46.5 Å². The molecule has 3 rings (SSSR count). The second-order valence-corrected chi connectivity index (χ2v) is 5.25. The Morgan fingerprint density at radius 1 is 1.11 bits per heavy atom.